The van der Waals surface area contributed by atoms with Crippen molar-refractivity contribution in [2.24, 2.45) is 0 Å². The Labute approximate surface area is 502 Å². The lowest BCUT2D eigenvalue weighted by Gasteiger charge is -2.46. The number of carbonyl (C=O) groups excluding carboxylic acids is 1. The number of allylic oxidation sites excluding steroid dienone is 17. The van der Waals surface area contributed by atoms with Crippen molar-refractivity contribution in [3.63, 3.8) is 0 Å². The summed E-state index contributed by atoms with van der Waals surface area (Å²) in [4.78, 5) is 13.3. The Kier molecular flexibility index (Phi) is 48.3. The van der Waals surface area contributed by atoms with Gasteiger partial charge in [0.25, 0.3) is 0 Å². The molecule has 14 nitrogen and oxygen atoms in total. The topological polar surface area (TPSA) is 228 Å². The molecule has 2 rings (SSSR count). The minimum absolute atomic E-state index is 0.247. The fourth-order valence-electron chi connectivity index (χ4n) is 10.0. The number of ether oxygens (including phenoxy) is 4. The third kappa shape index (κ3) is 37.7. The number of unbranched alkanes of at least 4 members (excludes halogenated alkanes) is 22. The number of hydrogen-bond donors (Lipinski definition) is 9. The zero-order chi connectivity index (χ0) is 60.2. The molecule has 0 aromatic carbocycles. The Balaban J connectivity index is 1.62. The van der Waals surface area contributed by atoms with Gasteiger partial charge in [-0.1, -0.05) is 245 Å². The van der Waals surface area contributed by atoms with Gasteiger partial charge in [0.2, 0.25) is 5.91 Å². The lowest BCUT2D eigenvalue weighted by Crippen LogP contribution is -2.65. The number of rotatable bonds is 51. The quantitative estimate of drug-likeness (QED) is 0.0204. The van der Waals surface area contributed by atoms with E-state index in [0.717, 1.165) is 96.3 Å². The first-order chi connectivity index (χ1) is 40.6. The molecule has 0 spiro atoms. The van der Waals surface area contributed by atoms with Gasteiger partial charge in [-0.05, 0) is 83.5 Å². The molecule has 14 heteroatoms. The zero-order valence-electron chi connectivity index (χ0n) is 51.4. The maximum atomic E-state index is 13.3. The maximum absolute atomic E-state index is 13.3. The number of aliphatic hydroxyl groups is 8. The van der Waals surface area contributed by atoms with Crippen molar-refractivity contribution in [2.45, 2.75) is 299 Å². The van der Waals surface area contributed by atoms with Crippen LogP contribution in [0.4, 0.5) is 0 Å². The molecule has 2 aliphatic heterocycles. The van der Waals surface area contributed by atoms with Crippen molar-refractivity contribution in [3.8, 4) is 0 Å². The highest BCUT2D eigenvalue weighted by Gasteiger charge is 2.51. The molecule has 2 aliphatic rings. The second-order valence-electron chi connectivity index (χ2n) is 22.5. The Hall–Kier alpha value is -3.35. The summed E-state index contributed by atoms with van der Waals surface area (Å²) >= 11 is 0. The molecule has 12 unspecified atom stereocenters. The van der Waals surface area contributed by atoms with E-state index in [2.05, 4.69) is 116 Å². The molecular formula is C69H117NO13. The lowest BCUT2D eigenvalue weighted by molar-refractivity contribution is -0.359. The molecule has 9 N–H and O–H groups in total. The van der Waals surface area contributed by atoms with E-state index < -0.39 is 86.8 Å². The van der Waals surface area contributed by atoms with Crippen molar-refractivity contribution in [1.82, 2.24) is 5.32 Å². The fourth-order valence-corrected chi connectivity index (χ4v) is 10.0. The average molecular weight is 1170 g/mol. The molecule has 476 valence electrons. The minimum Gasteiger partial charge on any atom is -0.394 e. The van der Waals surface area contributed by atoms with Crippen LogP contribution in [0, 0.1) is 0 Å². The van der Waals surface area contributed by atoms with Crippen LogP contribution in [0.3, 0.4) is 0 Å². The van der Waals surface area contributed by atoms with Crippen molar-refractivity contribution in [3.05, 3.63) is 109 Å². The molecule has 0 aromatic rings. The molecule has 0 radical (unpaired) electrons. The standard InChI is InChI=1S/C69H117NO13/c1-3-5-7-9-11-13-15-17-18-19-20-21-22-23-24-25-26-27-28-29-30-31-32-33-34-35-36-37-38-39-40-41-43-45-47-49-51-53-61(74)70-57(58(73)52-50-48-46-44-42-16-14-12-10-8-6-4-2)56-80-68-66(79)64(77)67(60(55-72)82-68)83-69-65(78)63(76)62(75)59(54-71)81-69/h5,7,11,13,17-18,20-21,23-24,26-27,29-30,32-33,50,52,57-60,62-69,71-73,75-79H,3-4,6,8-10,12,14-16,19,22,25,28,31,34-49,51,53-56H2,1-2H3,(H,70,74)/b7-5-,13-11-,18-17-,21-20-,24-23-,27-26-,30-29-,33-32-,52-50+. The van der Waals surface area contributed by atoms with Gasteiger partial charge < -0.3 is 65.1 Å². The van der Waals surface area contributed by atoms with E-state index in [0.29, 0.717) is 6.42 Å². The highest BCUT2D eigenvalue weighted by Crippen LogP contribution is 2.30. The van der Waals surface area contributed by atoms with Gasteiger partial charge in [0.05, 0.1) is 32.0 Å². The average Bonchev–Trinajstić information content (AvgIpc) is 3.58. The number of amides is 1. The minimum atomic E-state index is -1.79. The molecule has 0 aromatic heterocycles. The fraction of sp³-hybridized carbons (Fsp3) is 0.725. The summed E-state index contributed by atoms with van der Waals surface area (Å²) in [7, 11) is 0. The van der Waals surface area contributed by atoms with Crippen LogP contribution in [0.5, 0.6) is 0 Å². The van der Waals surface area contributed by atoms with Gasteiger partial charge in [-0.25, -0.2) is 0 Å². The molecular weight excluding hydrogens is 1050 g/mol. The van der Waals surface area contributed by atoms with Gasteiger partial charge in [0.1, 0.15) is 48.8 Å². The summed E-state index contributed by atoms with van der Waals surface area (Å²) in [6.07, 6.45) is 58.6. The summed E-state index contributed by atoms with van der Waals surface area (Å²) in [6, 6.07) is -0.921. The first-order valence-corrected chi connectivity index (χ1v) is 32.6. The highest BCUT2D eigenvalue weighted by molar-refractivity contribution is 5.76. The Morgan fingerprint density at radius 1 is 0.446 bits per heavy atom. The van der Waals surface area contributed by atoms with Crippen molar-refractivity contribution >= 4 is 5.91 Å². The van der Waals surface area contributed by atoms with Crippen molar-refractivity contribution < 1.29 is 64.6 Å². The highest BCUT2D eigenvalue weighted by atomic mass is 16.7. The number of hydrogen-bond acceptors (Lipinski definition) is 13. The number of aliphatic hydroxyl groups excluding tert-OH is 8. The molecule has 0 bridgehead atoms. The van der Waals surface area contributed by atoms with E-state index in [9.17, 15) is 45.6 Å². The van der Waals surface area contributed by atoms with E-state index in [4.69, 9.17) is 18.9 Å². The van der Waals surface area contributed by atoms with Gasteiger partial charge in [-0.2, -0.15) is 0 Å². The van der Waals surface area contributed by atoms with Gasteiger partial charge in [0, 0.05) is 6.42 Å². The van der Waals surface area contributed by atoms with Crippen LogP contribution in [0.1, 0.15) is 226 Å². The number of carbonyl (C=O) groups is 1. The van der Waals surface area contributed by atoms with Crippen LogP contribution < -0.4 is 5.32 Å². The van der Waals surface area contributed by atoms with Crippen LogP contribution in [-0.4, -0.2) is 140 Å². The van der Waals surface area contributed by atoms with Gasteiger partial charge in [0.15, 0.2) is 12.6 Å². The third-order valence-corrected chi connectivity index (χ3v) is 15.2. The first kappa shape index (κ1) is 75.7. The van der Waals surface area contributed by atoms with E-state index >= 15 is 0 Å². The normalized spacial score (nSPS) is 24.6. The second kappa shape index (κ2) is 52.9. The maximum Gasteiger partial charge on any atom is 0.220 e. The van der Waals surface area contributed by atoms with Crippen molar-refractivity contribution in [1.29, 1.82) is 0 Å². The predicted octanol–water partition coefficient (Wildman–Crippen LogP) is 12.4. The van der Waals surface area contributed by atoms with Gasteiger partial charge in [-0.15, -0.1) is 0 Å². The van der Waals surface area contributed by atoms with E-state index in [1.165, 1.54) is 103 Å². The van der Waals surface area contributed by atoms with E-state index in [-0.39, 0.29) is 18.9 Å². The first-order valence-electron chi connectivity index (χ1n) is 32.6. The summed E-state index contributed by atoms with van der Waals surface area (Å²) in [5.74, 6) is -0.247. The van der Waals surface area contributed by atoms with Crippen LogP contribution in [0.25, 0.3) is 0 Å². The molecule has 0 aliphatic carbocycles. The Morgan fingerprint density at radius 2 is 0.831 bits per heavy atom. The molecule has 0 saturated carbocycles. The molecule has 12 atom stereocenters. The Morgan fingerprint density at radius 3 is 1.28 bits per heavy atom. The van der Waals surface area contributed by atoms with Crippen LogP contribution in [0.15, 0.2) is 109 Å². The predicted molar refractivity (Wildman–Crippen MR) is 336 cm³/mol. The molecule has 2 heterocycles. The van der Waals surface area contributed by atoms with Crippen molar-refractivity contribution in [2.75, 3.05) is 19.8 Å². The second-order valence-corrected chi connectivity index (χ2v) is 22.5. The van der Waals surface area contributed by atoms with Crippen LogP contribution in [0.2, 0.25) is 0 Å². The molecule has 2 fully saturated rings. The van der Waals surface area contributed by atoms with Crippen LogP contribution >= 0.6 is 0 Å². The van der Waals surface area contributed by atoms with Crippen LogP contribution in [-0.2, 0) is 23.7 Å². The zero-order valence-corrected chi connectivity index (χ0v) is 51.4. The van der Waals surface area contributed by atoms with E-state index in [1.54, 1.807) is 6.08 Å². The smallest absolute Gasteiger partial charge is 0.220 e. The monoisotopic (exact) mass is 1170 g/mol. The van der Waals surface area contributed by atoms with Gasteiger partial charge >= 0.3 is 0 Å². The summed E-state index contributed by atoms with van der Waals surface area (Å²) in [5.41, 5.74) is 0. The van der Waals surface area contributed by atoms with E-state index in [1.807, 2.05) is 6.08 Å². The Bertz CT molecular complexity index is 1810. The molecule has 1 amide bonds. The summed E-state index contributed by atoms with van der Waals surface area (Å²) < 4.78 is 22.8. The SMILES string of the molecule is CC/C=C\C/C=C\C/C=C\C/C=C\C/C=C\C/C=C\C/C=C\C/C=C\CCCCCCCCCCCCCCC(=O)NC(COC1OC(CO)C(OC2OC(CO)C(O)C(O)C2O)C(O)C1O)C(O)/C=C/CCCCCCCCCCCC. The molecule has 2 saturated heterocycles. The molecule has 83 heavy (non-hydrogen) atoms. The number of nitrogens with one attached hydrogen (secondary N) is 1. The summed E-state index contributed by atoms with van der Waals surface area (Å²) in [5, 5.41) is 87.1. The summed E-state index contributed by atoms with van der Waals surface area (Å²) in [6.45, 7) is 2.66. The third-order valence-electron chi connectivity index (χ3n) is 15.2. The largest absolute Gasteiger partial charge is 0.394 e. The van der Waals surface area contributed by atoms with Gasteiger partial charge in [-0.3, -0.25) is 4.79 Å². The lowest BCUT2D eigenvalue weighted by atomic mass is 9.97.